The van der Waals surface area contributed by atoms with E-state index in [1.54, 1.807) is 0 Å². The third kappa shape index (κ3) is 13.7. The summed E-state index contributed by atoms with van der Waals surface area (Å²) in [5.74, 6) is 1.40. The summed E-state index contributed by atoms with van der Waals surface area (Å²) in [6.07, 6.45) is 28.6. The lowest BCUT2D eigenvalue weighted by Crippen LogP contribution is -2.29. The maximum atomic E-state index is 12.8. The number of epoxide rings is 1. The van der Waals surface area contributed by atoms with E-state index in [0.29, 0.717) is 12.8 Å². The van der Waals surface area contributed by atoms with Crippen molar-refractivity contribution in [2.75, 3.05) is 0 Å². The van der Waals surface area contributed by atoms with E-state index >= 15 is 0 Å². The average Bonchev–Trinajstić information content (AvgIpc) is 3.76. The van der Waals surface area contributed by atoms with Crippen LogP contribution in [-0.4, -0.2) is 36.4 Å². The Morgan fingerprint density at radius 1 is 0.650 bits per heavy atom. The van der Waals surface area contributed by atoms with Crippen LogP contribution in [0.2, 0.25) is 0 Å². The van der Waals surface area contributed by atoms with Crippen LogP contribution in [0.3, 0.4) is 0 Å². The summed E-state index contributed by atoms with van der Waals surface area (Å²) in [6.45, 7) is 4.19. The topological polar surface area (TPSA) is 65.1 Å². The molecule has 0 aromatic heterocycles. The van der Waals surface area contributed by atoms with Gasteiger partial charge in [-0.2, -0.15) is 0 Å². The summed E-state index contributed by atoms with van der Waals surface area (Å²) in [5, 5.41) is 0. The Morgan fingerprint density at radius 2 is 1.15 bits per heavy atom. The molecule has 0 aromatic rings. The molecule has 40 heavy (non-hydrogen) atoms. The lowest BCUT2D eigenvalue weighted by molar-refractivity contribution is -0.152. The summed E-state index contributed by atoms with van der Waals surface area (Å²) in [4.78, 5) is 25.3. The fourth-order valence-corrected chi connectivity index (χ4v) is 7.17. The van der Waals surface area contributed by atoms with E-state index < -0.39 is 0 Å². The van der Waals surface area contributed by atoms with Gasteiger partial charge in [0.1, 0.15) is 24.4 Å². The summed E-state index contributed by atoms with van der Waals surface area (Å²) in [5.41, 5.74) is 0. The smallest absolute Gasteiger partial charge is 0.306 e. The molecule has 232 valence electrons. The second-order valence-electron chi connectivity index (χ2n) is 13.3. The third-order valence-electron chi connectivity index (χ3n) is 9.77. The predicted octanol–water partition coefficient (Wildman–Crippen LogP) is 9.63. The molecule has 0 amide bonds. The molecule has 1 aliphatic heterocycles. The number of hydrogen-bond acceptors (Lipinski definition) is 5. The average molecular weight is 563 g/mol. The minimum Gasteiger partial charge on any atom is -0.460 e. The van der Waals surface area contributed by atoms with E-state index in [2.05, 4.69) is 6.92 Å². The Hall–Kier alpha value is -1.10. The van der Waals surface area contributed by atoms with Gasteiger partial charge in [-0.15, -0.1) is 0 Å². The number of unbranched alkanes of at least 4 members (excludes halogenated alkanes) is 7. The number of hydrogen-bond donors (Lipinski definition) is 0. The summed E-state index contributed by atoms with van der Waals surface area (Å²) in [7, 11) is 0. The standard InChI is InChI=1S/C35H62O5/c1-3-4-5-6-7-8-9-16-25-31(39-33(37)27-18-24-30-21-14-11-15-22-30)35-34(40-35)28(2)38-32(36)26-17-23-29-19-12-10-13-20-29/h28-31,34-35H,3-27H2,1-2H3/t28-,31?,34-,35+/m0/s1. The Morgan fingerprint density at radius 3 is 1.70 bits per heavy atom. The highest BCUT2D eigenvalue weighted by Gasteiger charge is 2.51. The van der Waals surface area contributed by atoms with Gasteiger partial charge in [-0.05, 0) is 57.3 Å². The van der Waals surface area contributed by atoms with Gasteiger partial charge in [0.05, 0.1) is 0 Å². The second kappa shape index (κ2) is 19.9. The molecule has 5 heteroatoms. The van der Waals surface area contributed by atoms with Crippen molar-refractivity contribution in [2.45, 2.75) is 199 Å². The van der Waals surface area contributed by atoms with E-state index in [9.17, 15) is 9.59 Å². The van der Waals surface area contributed by atoms with Gasteiger partial charge in [-0.3, -0.25) is 9.59 Å². The normalized spacial score (nSPS) is 23.4. The minimum atomic E-state index is -0.293. The van der Waals surface area contributed by atoms with Gasteiger partial charge in [0.25, 0.3) is 0 Å². The lowest BCUT2D eigenvalue weighted by atomic mass is 9.86. The molecular weight excluding hydrogens is 500 g/mol. The lowest BCUT2D eigenvalue weighted by Gasteiger charge is -2.21. The number of rotatable bonds is 21. The van der Waals surface area contributed by atoms with E-state index in [1.165, 1.54) is 109 Å². The maximum Gasteiger partial charge on any atom is 0.306 e. The second-order valence-corrected chi connectivity index (χ2v) is 13.3. The Kier molecular flexibility index (Phi) is 16.6. The number of ether oxygens (including phenoxy) is 3. The van der Waals surface area contributed by atoms with Crippen LogP contribution in [0.1, 0.15) is 174 Å². The number of esters is 2. The van der Waals surface area contributed by atoms with Crippen LogP contribution in [0, 0.1) is 11.8 Å². The molecule has 0 radical (unpaired) electrons. The zero-order valence-electron chi connectivity index (χ0n) is 26.2. The molecule has 2 aliphatic carbocycles. The summed E-state index contributed by atoms with van der Waals surface area (Å²) < 4.78 is 17.8. The molecule has 1 saturated heterocycles. The van der Waals surface area contributed by atoms with E-state index in [0.717, 1.165) is 50.4 Å². The molecule has 3 fully saturated rings. The minimum absolute atomic E-state index is 0.0815. The number of carbonyl (C=O) groups is 2. The van der Waals surface area contributed by atoms with E-state index in [-0.39, 0.29) is 36.4 Å². The summed E-state index contributed by atoms with van der Waals surface area (Å²) >= 11 is 0. The van der Waals surface area contributed by atoms with Crippen molar-refractivity contribution in [3.05, 3.63) is 0 Å². The van der Waals surface area contributed by atoms with Crippen LogP contribution < -0.4 is 0 Å². The molecule has 0 spiro atoms. The SMILES string of the molecule is CCCCCCCCCCC(OC(=O)CCCC1CCCCC1)[C@H]1O[C@H]1[C@H](C)OC(=O)CCCC1CCCCC1. The molecule has 1 heterocycles. The quantitative estimate of drug-likeness (QED) is 0.0791. The molecule has 0 bridgehead atoms. The molecule has 3 aliphatic rings. The van der Waals surface area contributed by atoms with Crippen molar-refractivity contribution in [2.24, 2.45) is 11.8 Å². The van der Waals surface area contributed by atoms with Crippen LogP contribution in [0.4, 0.5) is 0 Å². The highest BCUT2D eigenvalue weighted by molar-refractivity contribution is 5.70. The van der Waals surface area contributed by atoms with Gasteiger partial charge in [-0.25, -0.2) is 0 Å². The maximum absolute atomic E-state index is 12.8. The van der Waals surface area contributed by atoms with Crippen LogP contribution in [0.15, 0.2) is 0 Å². The fourth-order valence-electron chi connectivity index (χ4n) is 7.17. The zero-order valence-corrected chi connectivity index (χ0v) is 26.2. The first-order valence-electron chi connectivity index (χ1n) is 17.6. The van der Waals surface area contributed by atoms with Crippen LogP contribution in [0.5, 0.6) is 0 Å². The Bertz CT molecular complexity index is 681. The van der Waals surface area contributed by atoms with Gasteiger partial charge in [-0.1, -0.05) is 116 Å². The van der Waals surface area contributed by atoms with E-state index in [4.69, 9.17) is 14.2 Å². The van der Waals surface area contributed by atoms with Crippen molar-refractivity contribution < 1.29 is 23.8 Å². The first-order chi connectivity index (χ1) is 19.6. The summed E-state index contributed by atoms with van der Waals surface area (Å²) in [6, 6.07) is 0. The first kappa shape index (κ1) is 33.4. The highest BCUT2D eigenvalue weighted by Crippen LogP contribution is 2.35. The van der Waals surface area contributed by atoms with Crippen molar-refractivity contribution in [1.29, 1.82) is 0 Å². The number of carbonyl (C=O) groups excluding carboxylic acids is 2. The van der Waals surface area contributed by atoms with Crippen molar-refractivity contribution in [1.82, 2.24) is 0 Å². The van der Waals surface area contributed by atoms with Crippen LogP contribution >= 0.6 is 0 Å². The molecular formula is C35H62O5. The third-order valence-corrected chi connectivity index (χ3v) is 9.77. The monoisotopic (exact) mass is 562 g/mol. The van der Waals surface area contributed by atoms with Gasteiger partial charge < -0.3 is 14.2 Å². The molecule has 0 N–H and O–H groups in total. The highest BCUT2D eigenvalue weighted by atomic mass is 16.7. The Labute approximate surface area is 246 Å². The van der Waals surface area contributed by atoms with Gasteiger partial charge >= 0.3 is 11.9 Å². The molecule has 2 saturated carbocycles. The molecule has 1 unspecified atom stereocenters. The molecule has 3 rings (SSSR count). The fraction of sp³-hybridized carbons (Fsp3) is 0.943. The zero-order chi connectivity index (χ0) is 28.4. The van der Waals surface area contributed by atoms with Crippen molar-refractivity contribution in [3.8, 4) is 0 Å². The first-order valence-corrected chi connectivity index (χ1v) is 17.6. The molecule has 4 atom stereocenters. The predicted molar refractivity (Wildman–Crippen MR) is 162 cm³/mol. The largest absolute Gasteiger partial charge is 0.460 e. The molecule has 5 nitrogen and oxygen atoms in total. The van der Waals surface area contributed by atoms with Crippen LogP contribution in [-0.2, 0) is 23.8 Å². The Balaban J connectivity index is 1.36. The van der Waals surface area contributed by atoms with Crippen molar-refractivity contribution >= 4 is 11.9 Å². The van der Waals surface area contributed by atoms with Gasteiger partial charge in [0.15, 0.2) is 0 Å². The van der Waals surface area contributed by atoms with Gasteiger partial charge in [0.2, 0.25) is 0 Å². The van der Waals surface area contributed by atoms with Crippen LogP contribution in [0.25, 0.3) is 0 Å². The van der Waals surface area contributed by atoms with Gasteiger partial charge in [0, 0.05) is 12.8 Å². The van der Waals surface area contributed by atoms with Crippen molar-refractivity contribution in [3.63, 3.8) is 0 Å². The molecule has 0 aromatic carbocycles. The van der Waals surface area contributed by atoms with E-state index in [1.807, 2.05) is 6.92 Å².